The molecule has 0 heterocycles. The van der Waals surface area contributed by atoms with E-state index in [-0.39, 0.29) is 6.42 Å². The van der Waals surface area contributed by atoms with E-state index in [1.807, 2.05) is 0 Å². The van der Waals surface area contributed by atoms with E-state index in [2.05, 4.69) is 0 Å². The molecule has 6 fully saturated rings. The molecule has 0 spiro atoms. The smallest absolute Gasteiger partial charge is 0.349 e. The summed E-state index contributed by atoms with van der Waals surface area (Å²) >= 11 is 0. The van der Waals surface area contributed by atoms with Crippen LogP contribution in [0, 0.1) is 41.4 Å². The minimum Gasteiger partial charge on any atom is -0.349 e. The van der Waals surface area contributed by atoms with Gasteiger partial charge in [0.2, 0.25) is 11.3 Å². The van der Waals surface area contributed by atoms with Crippen LogP contribution in [0.3, 0.4) is 0 Å². The summed E-state index contributed by atoms with van der Waals surface area (Å²) in [6.45, 7) is 2.79. The number of hydrogen-bond acceptors (Lipinski definition) is 2. The largest absolute Gasteiger partial charge is 0.420 e. The van der Waals surface area contributed by atoms with Gasteiger partial charge in [0, 0.05) is 11.8 Å². The molecule has 0 saturated heterocycles. The summed E-state index contributed by atoms with van der Waals surface area (Å²) in [7, 11) is 0. The standard InChI is InChI=1S/C23H32F6O2/c1-12-13(2)18-7-17(12)21(24,22(18,25)26)19(3,23(27,28)29)30-11-31-20-8-14-4-15(9-20)6-16(5-14)10-20/h12-18H,4-11H2,1-3H3. The Morgan fingerprint density at radius 1 is 0.806 bits per heavy atom. The first-order valence-electron chi connectivity index (χ1n) is 11.7. The van der Waals surface area contributed by atoms with Crippen LogP contribution < -0.4 is 0 Å². The second kappa shape index (κ2) is 6.55. The summed E-state index contributed by atoms with van der Waals surface area (Å²) in [5.41, 5.74) is -8.01. The molecule has 31 heavy (non-hydrogen) atoms. The van der Waals surface area contributed by atoms with Gasteiger partial charge in [-0.25, -0.2) is 13.2 Å². The van der Waals surface area contributed by atoms with Crippen molar-refractivity contribution in [1.29, 1.82) is 0 Å². The second-order valence-electron chi connectivity index (χ2n) is 11.5. The van der Waals surface area contributed by atoms with E-state index in [4.69, 9.17) is 9.47 Å². The van der Waals surface area contributed by atoms with Gasteiger partial charge in [-0.1, -0.05) is 13.8 Å². The second-order valence-corrected chi connectivity index (χ2v) is 11.5. The van der Waals surface area contributed by atoms with E-state index in [1.165, 1.54) is 0 Å². The van der Waals surface area contributed by atoms with Gasteiger partial charge >= 0.3 is 6.18 Å². The maximum Gasteiger partial charge on any atom is 0.420 e. The third kappa shape index (κ3) is 2.79. The third-order valence-corrected chi connectivity index (χ3v) is 10.00. The summed E-state index contributed by atoms with van der Waals surface area (Å²) in [5, 5.41) is 0. The average Bonchev–Trinajstić information content (AvgIpc) is 3.05. The Morgan fingerprint density at radius 2 is 1.29 bits per heavy atom. The van der Waals surface area contributed by atoms with Crippen molar-refractivity contribution in [2.45, 2.75) is 94.7 Å². The lowest BCUT2D eigenvalue weighted by molar-refractivity contribution is -0.381. The minimum atomic E-state index is -5.30. The van der Waals surface area contributed by atoms with E-state index in [1.54, 1.807) is 13.8 Å². The molecule has 2 nitrogen and oxygen atoms in total. The Hall–Kier alpha value is -0.500. The molecule has 6 aliphatic carbocycles. The molecule has 6 aliphatic rings. The van der Waals surface area contributed by atoms with Crippen molar-refractivity contribution in [3.8, 4) is 0 Å². The molecular weight excluding hydrogens is 422 g/mol. The lowest BCUT2D eigenvalue weighted by Gasteiger charge is -2.56. The Morgan fingerprint density at radius 3 is 1.74 bits per heavy atom. The molecule has 8 heteroatoms. The van der Waals surface area contributed by atoms with Crippen LogP contribution in [0.1, 0.15) is 65.7 Å². The molecule has 6 rings (SSSR count). The Bertz CT molecular complexity index is 703. The lowest BCUT2D eigenvalue weighted by Crippen LogP contribution is -2.71. The molecule has 178 valence electrons. The number of hydrogen-bond donors (Lipinski definition) is 0. The summed E-state index contributed by atoms with van der Waals surface area (Å²) < 4.78 is 100. The summed E-state index contributed by atoms with van der Waals surface area (Å²) in [5.74, 6) is -6.54. The van der Waals surface area contributed by atoms with Crippen molar-refractivity contribution >= 4 is 0 Å². The highest BCUT2D eigenvalue weighted by molar-refractivity contribution is 5.25. The Kier molecular flexibility index (Phi) is 4.71. The molecule has 6 saturated carbocycles. The fourth-order valence-electron chi connectivity index (χ4n) is 8.50. The molecule has 0 aromatic rings. The maximum atomic E-state index is 16.2. The van der Waals surface area contributed by atoms with Gasteiger partial charge in [-0.3, -0.25) is 0 Å². The topological polar surface area (TPSA) is 18.5 Å². The number of rotatable bonds is 5. The zero-order valence-corrected chi connectivity index (χ0v) is 18.3. The highest BCUT2D eigenvalue weighted by atomic mass is 19.4. The lowest BCUT2D eigenvalue weighted by atomic mass is 9.54. The first-order chi connectivity index (χ1) is 14.2. The van der Waals surface area contributed by atoms with Crippen molar-refractivity contribution < 1.29 is 35.8 Å². The van der Waals surface area contributed by atoms with Gasteiger partial charge in [-0.05, 0) is 81.5 Å². The van der Waals surface area contributed by atoms with Crippen LogP contribution in [0.5, 0.6) is 0 Å². The van der Waals surface area contributed by atoms with Crippen LogP contribution >= 0.6 is 0 Å². The minimum absolute atomic E-state index is 0.253. The van der Waals surface area contributed by atoms with Crippen molar-refractivity contribution in [2.75, 3.05) is 6.79 Å². The zero-order valence-electron chi connectivity index (χ0n) is 18.3. The highest BCUT2D eigenvalue weighted by Gasteiger charge is 2.86. The highest BCUT2D eigenvalue weighted by Crippen LogP contribution is 2.70. The van der Waals surface area contributed by atoms with Gasteiger partial charge in [0.15, 0.2) is 0 Å². The molecule has 0 N–H and O–H groups in total. The predicted octanol–water partition coefficient (Wildman–Crippen LogP) is 6.53. The number of ether oxygens (including phenoxy) is 2. The van der Waals surface area contributed by atoms with Crippen molar-refractivity contribution in [3.63, 3.8) is 0 Å². The van der Waals surface area contributed by atoms with Gasteiger partial charge in [-0.2, -0.15) is 13.2 Å². The quantitative estimate of drug-likeness (QED) is 0.347. The fourth-order valence-corrected chi connectivity index (χ4v) is 8.50. The van der Waals surface area contributed by atoms with E-state index in [0.29, 0.717) is 24.7 Å². The van der Waals surface area contributed by atoms with E-state index in [0.717, 1.165) is 38.5 Å². The Balaban J connectivity index is 1.39. The molecule has 0 aliphatic heterocycles. The van der Waals surface area contributed by atoms with Crippen molar-refractivity contribution in [1.82, 2.24) is 0 Å². The summed E-state index contributed by atoms with van der Waals surface area (Å²) in [4.78, 5) is 0. The van der Waals surface area contributed by atoms with Gasteiger partial charge in [-0.15, -0.1) is 0 Å². The first kappa shape index (κ1) is 22.3. The van der Waals surface area contributed by atoms with Crippen LogP contribution in [0.25, 0.3) is 0 Å². The number of halogens is 6. The fraction of sp³-hybridized carbons (Fsp3) is 1.00. The van der Waals surface area contributed by atoms with Gasteiger partial charge in [0.05, 0.1) is 5.60 Å². The van der Waals surface area contributed by atoms with Crippen LogP contribution in [0.4, 0.5) is 26.3 Å². The molecule has 0 aromatic heterocycles. The van der Waals surface area contributed by atoms with E-state index < -0.39 is 59.4 Å². The molecule has 0 radical (unpaired) electrons. The van der Waals surface area contributed by atoms with Gasteiger partial charge < -0.3 is 9.47 Å². The SMILES string of the molecule is CC1C(C)C2CC1C(F)(F)C2(F)C(C)(OCOC12CC3CC(CC(C3)C1)C2)C(F)(F)F. The Labute approximate surface area is 179 Å². The van der Waals surface area contributed by atoms with Gasteiger partial charge in [0.1, 0.15) is 6.79 Å². The predicted molar refractivity (Wildman–Crippen MR) is 101 cm³/mol. The van der Waals surface area contributed by atoms with E-state index >= 15 is 13.2 Å². The van der Waals surface area contributed by atoms with Crippen molar-refractivity contribution in [3.05, 3.63) is 0 Å². The normalized spacial score (nSPS) is 52.0. The number of alkyl halides is 6. The van der Waals surface area contributed by atoms with E-state index in [9.17, 15) is 13.2 Å². The van der Waals surface area contributed by atoms with Crippen LogP contribution in [0.15, 0.2) is 0 Å². The van der Waals surface area contributed by atoms with Crippen molar-refractivity contribution in [2.24, 2.45) is 41.4 Å². The molecule has 6 unspecified atom stereocenters. The summed E-state index contributed by atoms with van der Waals surface area (Å²) in [6, 6.07) is 0. The molecule has 6 bridgehead atoms. The average molecular weight is 454 g/mol. The zero-order chi connectivity index (χ0) is 22.6. The molecule has 0 aromatic carbocycles. The molecule has 0 amide bonds. The summed E-state index contributed by atoms with van der Waals surface area (Å²) in [6.07, 6.45) is 0.123. The van der Waals surface area contributed by atoms with Crippen LogP contribution in [0.2, 0.25) is 0 Å². The number of fused-ring (bicyclic) bond motifs is 2. The van der Waals surface area contributed by atoms with Gasteiger partial charge in [0.25, 0.3) is 5.92 Å². The van der Waals surface area contributed by atoms with Crippen LogP contribution in [-0.4, -0.2) is 35.8 Å². The molecule has 6 atom stereocenters. The maximum absolute atomic E-state index is 16.2. The molecular formula is C23H32F6O2. The van der Waals surface area contributed by atoms with Crippen LogP contribution in [-0.2, 0) is 9.47 Å². The third-order valence-electron chi connectivity index (χ3n) is 10.00. The monoisotopic (exact) mass is 454 g/mol. The first-order valence-corrected chi connectivity index (χ1v) is 11.7.